The van der Waals surface area contributed by atoms with Gasteiger partial charge in [-0.3, -0.25) is 9.58 Å². The lowest BCUT2D eigenvalue weighted by molar-refractivity contribution is 0.0802. The van der Waals surface area contributed by atoms with E-state index in [0.29, 0.717) is 19.2 Å². The van der Waals surface area contributed by atoms with E-state index in [0.717, 1.165) is 25.2 Å². The van der Waals surface area contributed by atoms with E-state index in [1.165, 1.54) is 19.4 Å². The summed E-state index contributed by atoms with van der Waals surface area (Å²) >= 11 is 0. The number of hydrogen-bond donors (Lipinski definition) is 1. The molecule has 1 aromatic rings. The first-order chi connectivity index (χ1) is 11.2. The number of fused-ring (bicyclic) bond motifs is 1. The molecule has 3 heterocycles. The van der Waals surface area contributed by atoms with Gasteiger partial charge in [-0.25, -0.2) is 4.79 Å². The van der Waals surface area contributed by atoms with E-state index in [-0.39, 0.29) is 12.1 Å². The molecular formula is C16H27N5O2. The molecule has 7 heteroatoms. The minimum atomic E-state index is 0.0358. The van der Waals surface area contributed by atoms with Gasteiger partial charge in [0, 0.05) is 50.6 Å². The molecule has 23 heavy (non-hydrogen) atoms. The number of nitrogens with one attached hydrogen (secondary N) is 1. The molecule has 2 atom stereocenters. The highest BCUT2D eigenvalue weighted by Crippen LogP contribution is 2.24. The Balaban J connectivity index is 1.49. The Morgan fingerprint density at radius 1 is 1.48 bits per heavy atom. The van der Waals surface area contributed by atoms with Crippen molar-refractivity contribution in [2.24, 2.45) is 0 Å². The lowest BCUT2D eigenvalue weighted by atomic mass is 10.1. The van der Waals surface area contributed by atoms with E-state index in [2.05, 4.69) is 22.2 Å². The Bertz CT molecular complexity index is 532. The summed E-state index contributed by atoms with van der Waals surface area (Å²) in [6, 6.07) is 0.858. The Hall–Kier alpha value is -1.60. The summed E-state index contributed by atoms with van der Waals surface area (Å²) in [5.41, 5.74) is 1.02. The Morgan fingerprint density at radius 2 is 2.35 bits per heavy atom. The molecule has 1 N–H and O–H groups in total. The maximum Gasteiger partial charge on any atom is 0.318 e. The first-order valence-corrected chi connectivity index (χ1v) is 8.46. The van der Waals surface area contributed by atoms with Crippen LogP contribution in [0.3, 0.4) is 0 Å². The maximum atomic E-state index is 12.5. The summed E-state index contributed by atoms with van der Waals surface area (Å²) in [7, 11) is 1.68. The van der Waals surface area contributed by atoms with Crippen LogP contribution < -0.4 is 5.32 Å². The van der Waals surface area contributed by atoms with Gasteiger partial charge >= 0.3 is 6.03 Å². The number of piperazine rings is 1. The minimum Gasteiger partial charge on any atom is -0.383 e. The monoisotopic (exact) mass is 321 g/mol. The predicted molar refractivity (Wildman–Crippen MR) is 87.1 cm³/mol. The molecule has 2 amide bonds. The molecule has 3 rings (SSSR count). The van der Waals surface area contributed by atoms with Crippen molar-refractivity contribution in [1.82, 2.24) is 24.9 Å². The van der Waals surface area contributed by atoms with Gasteiger partial charge in [-0.1, -0.05) is 0 Å². The Labute approximate surface area is 137 Å². The number of ether oxygens (including phenoxy) is 1. The molecule has 1 aromatic heterocycles. The topological polar surface area (TPSA) is 62.6 Å². The van der Waals surface area contributed by atoms with E-state index < -0.39 is 0 Å². The number of methoxy groups -OCH3 is 1. The molecule has 0 aliphatic carbocycles. The average Bonchev–Trinajstić information content (AvgIpc) is 3.18. The van der Waals surface area contributed by atoms with Crippen LogP contribution in [0.2, 0.25) is 0 Å². The molecule has 0 saturated carbocycles. The molecule has 2 fully saturated rings. The standard InChI is InChI=1S/C16H27N5O2/c1-13-10-19-5-3-4-15(19)12-21(13)16(22)17-8-14-9-18-20(11-14)6-7-23-2/h9,11,13,15H,3-8,10,12H2,1-2H3,(H,17,22)/t13-,15-/m0/s1. The minimum absolute atomic E-state index is 0.0358. The van der Waals surface area contributed by atoms with Crippen molar-refractivity contribution in [2.75, 3.05) is 33.4 Å². The number of aromatic nitrogens is 2. The van der Waals surface area contributed by atoms with Gasteiger partial charge < -0.3 is 15.0 Å². The molecule has 2 aliphatic rings. The summed E-state index contributed by atoms with van der Waals surface area (Å²) in [6.45, 7) is 7.04. The Morgan fingerprint density at radius 3 is 3.17 bits per heavy atom. The fourth-order valence-corrected chi connectivity index (χ4v) is 3.55. The number of hydrogen-bond acceptors (Lipinski definition) is 4. The number of urea groups is 1. The van der Waals surface area contributed by atoms with Gasteiger partial charge in [-0.15, -0.1) is 0 Å². The van der Waals surface area contributed by atoms with Gasteiger partial charge in [0.25, 0.3) is 0 Å². The van der Waals surface area contributed by atoms with E-state index in [4.69, 9.17) is 4.74 Å². The van der Waals surface area contributed by atoms with Crippen LogP contribution in [0.4, 0.5) is 4.79 Å². The summed E-state index contributed by atoms with van der Waals surface area (Å²) < 4.78 is 6.88. The lowest BCUT2D eigenvalue weighted by Gasteiger charge is -2.42. The van der Waals surface area contributed by atoms with Crippen molar-refractivity contribution in [3.05, 3.63) is 18.0 Å². The number of nitrogens with zero attached hydrogens (tertiary/aromatic N) is 4. The van der Waals surface area contributed by atoms with Crippen molar-refractivity contribution in [3.63, 3.8) is 0 Å². The van der Waals surface area contributed by atoms with Crippen molar-refractivity contribution < 1.29 is 9.53 Å². The first kappa shape index (κ1) is 16.3. The second-order valence-corrected chi connectivity index (χ2v) is 6.56. The van der Waals surface area contributed by atoms with Gasteiger partial charge in [0.05, 0.1) is 19.3 Å². The molecule has 0 unspecified atom stereocenters. The number of amides is 2. The third kappa shape index (κ3) is 3.84. The van der Waals surface area contributed by atoms with Crippen LogP contribution in [0.5, 0.6) is 0 Å². The van der Waals surface area contributed by atoms with Crippen molar-refractivity contribution in [2.45, 2.75) is 44.9 Å². The van der Waals surface area contributed by atoms with Crippen LogP contribution in [0.15, 0.2) is 12.4 Å². The number of carbonyl (C=O) groups is 1. The zero-order chi connectivity index (χ0) is 16.2. The van der Waals surface area contributed by atoms with E-state index in [9.17, 15) is 4.79 Å². The quantitative estimate of drug-likeness (QED) is 0.875. The van der Waals surface area contributed by atoms with Crippen LogP contribution in [-0.2, 0) is 17.8 Å². The number of rotatable bonds is 5. The fourth-order valence-electron chi connectivity index (χ4n) is 3.55. The molecule has 2 saturated heterocycles. The summed E-state index contributed by atoms with van der Waals surface area (Å²) in [5.74, 6) is 0. The van der Waals surface area contributed by atoms with Crippen molar-refractivity contribution >= 4 is 6.03 Å². The van der Waals surface area contributed by atoms with Crippen LogP contribution in [0.25, 0.3) is 0 Å². The van der Waals surface area contributed by atoms with Crippen LogP contribution in [0, 0.1) is 0 Å². The fraction of sp³-hybridized carbons (Fsp3) is 0.750. The van der Waals surface area contributed by atoms with Crippen molar-refractivity contribution in [3.8, 4) is 0 Å². The number of carbonyl (C=O) groups excluding carboxylic acids is 1. The molecule has 128 valence electrons. The Kier molecular flexibility index (Phi) is 5.17. The largest absolute Gasteiger partial charge is 0.383 e. The second kappa shape index (κ2) is 7.31. The van der Waals surface area contributed by atoms with Crippen molar-refractivity contribution in [1.29, 1.82) is 0 Å². The molecule has 0 bridgehead atoms. The zero-order valence-electron chi connectivity index (χ0n) is 14.1. The first-order valence-electron chi connectivity index (χ1n) is 8.46. The highest BCUT2D eigenvalue weighted by atomic mass is 16.5. The van der Waals surface area contributed by atoms with Gasteiger partial charge in [0.15, 0.2) is 0 Å². The molecule has 0 aromatic carbocycles. The highest BCUT2D eigenvalue weighted by molar-refractivity contribution is 5.74. The zero-order valence-corrected chi connectivity index (χ0v) is 14.1. The predicted octanol–water partition coefficient (Wildman–Crippen LogP) is 0.908. The lowest BCUT2D eigenvalue weighted by Crippen LogP contribution is -2.58. The van der Waals surface area contributed by atoms with E-state index in [1.54, 1.807) is 13.3 Å². The molecule has 7 nitrogen and oxygen atoms in total. The molecule has 2 aliphatic heterocycles. The van der Waals surface area contributed by atoms with Gasteiger partial charge in [-0.2, -0.15) is 5.10 Å². The smallest absolute Gasteiger partial charge is 0.318 e. The van der Waals surface area contributed by atoms with Crippen LogP contribution in [0.1, 0.15) is 25.3 Å². The van der Waals surface area contributed by atoms with Crippen LogP contribution in [-0.4, -0.2) is 71.0 Å². The highest BCUT2D eigenvalue weighted by Gasteiger charge is 2.36. The van der Waals surface area contributed by atoms with Gasteiger partial charge in [-0.05, 0) is 26.3 Å². The third-order valence-corrected chi connectivity index (χ3v) is 4.85. The maximum absolute atomic E-state index is 12.5. The molecule has 0 spiro atoms. The average molecular weight is 321 g/mol. The third-order valence-electron chi connectivity index (χ3n) is 4.85. The van der Waals surface area contributed by atoms with E-state index in [1.807, 2.05) is 15.8 Å². The second-order valence-electron chi connectivity index (χ2n) is 6.56. The molecular weight excluding hydrogens is 294 g/mol. The SMILES string of the molecule is COCCn1cc(CNC(=O)N2C[C@@H]3CCCN3C[C@@H]2C)cn1. The van der Waals surface area contributed by atoms with E-state index >= 15 is 0 Å². The summed E-state index contributed by atoms with van der Waals surface area (Å²) in [4.78, 5) is 17.0. The molecule has 0 radical (unpaired) electrons. The normalized spacial score (nSPS) is 24.7. The summed E-state index contributed by atoms with van der Waals surface area (Å²) in [5, 5.41) is 7.30. The van der Waals surface area contributed by atoms with Crippen LogP contribution >= 0.6 is 0 Å². The van der Waals surface area contributed by atoms with Gasteiger partial charge in [0.1, 0.15) is 0 Å². The van der Waals surface area contributed by atoms with Gasteiger partial charge in [0.2, 0.25) is 0 Å². The summed E-state index contributed by atoms with van der Waals surface area (Å²) in [6.07, 6.45) is 6.22.